The third kappa shape index (κ3) is 3.68. The number of fused-ring (bicyclic) bond motifs is 1. The molecule has 0 radical (unpaired) electrons. The first kappa shape index (κ1) is 15.5. The van der Waals surface area contributed by atoms with Crippen molar-refractivity contribution in [1.29, 1.82) is 0 Å². The quantitative estimate of drug-likeness (QED) is 0.782. The standard InChI is InChI=1S/C13H17N3O2.ClH/c1-8(7-14-2)13(18)15-10-3-4-11-9(5-10)6-12(17)16-11;/h3-5,8,14H,6-7H2,1-2H3,(H,15,18)(H,16,17);1H. The molecule has 0 fully saturated rings. The highest BCUT2D eigenvalue weighted by Crippen LogP contribution is 2.26. The monoisotopic (exact) mass is 283 g/mol. The summed E-state index contributed by atoms with van der Waals surface area (Å²) in [6.07, 6.45) is 0.380. The van der Waals surface area contributed by atoms with E-state index in [1.165, 1.54) is 0 Å². The minimum absolute atomic E-state index is 0. The van der Waals surface area contributed by atoms with Crippen molar-refractivity contribution in [2.75, 3.05) is 24.2 Å². The molecule has 1 unspecified atom stereocenters. The highest BCUT2D eigenvalue weighted by atomic mass is 35.5. The van der Waals surface area contributed by atoms with Crippen LogP contribution >= 0.6 is 12.4 Å². The molecular formula is C13H18ClN3O2. The van der Waals surface area contributed by atoms with Crippen molar-refractivity contribution in [3.05, 3.63) is 23.8 Å². The predicted octanol–water partition coefficient (Wildman–Crippen LogP) is 1.40. The van der Waals surface area contributed by atoms with Gasteiger partial charge in [-0.2, -0.15) is 0 Å². The van der Waals surface area contributed by atoms with Gasteiger partial charge in [0.05, 0.1) is 6.42 Å². The number of hydrogen-bond donors (Lipinski definition) is 3. The van der Waals surface area contributed by atoms with Crippen molar-refractivity contribution in [2.24, 2.45) is 5.92 Å². The van der Waals surface area contributed by atoms with E-state index in [4.69, 9.17) is 0 Å². The molecule has 5 nitrogen and oxygen atoms in total. The summed E-state index contributed by atoms with van der Waals surface area (Å²) < 4.78 is 0. The Hall–Kier alpha value is -1.59. The zero-order chi connectivity index (χ0) is 13.1. The van der Waals surface area contributed by atoms with E-state index in [2.05, 4.69) is 16.0 Å². The SMILES string of the molecule is CNCC(C)C(=O)Nc1ccc2c(c1)CC(=O)N2.Cl. The predicted molar refractivity (Wildman–Crippen MR) is 77.7 cm³/mol. The maximum absolute atomic E-state index is 11.8. The largest absolute Gasteiger partial charge is 0.326 e. The van der Waals surface area contributed by atoms with Crippen LogP contribution in [0.4, 0.5) is 11.4 Å². The van der Waals surface area contributed by atoms with Gasteiger partial charge in [-0.25, -0.2) is 0 Å². The lowest BCUT2D eigenvalue weighted by Gasteiger charge is -2.12. The van der Waals surface area contributed by atoms with Gasteiger partial charge in [0.25, 0.3) is 0 Å². The van der Waals surface area contributed by atoms with Gasteiger partial charge >= 0.3 is 0 Å². The first-order valence-corrected chi connectivity index (χ1v) is 5.98. The molecule has 19 heavy (non-hydrogen) atoms. The molecule has 2 rings (SSSR count). The van der Waals surface area contributed by atoms with Crippen LogP contribution in [0.1, 0.15) is 12.5 Å². The zero-order valence-corrected chi connectivity index (χ0v) is 11.8. The van der Waals surface area contributed by atoms with Crippen molar-refractivity contribution in [1.82, 2.24) is 5.32 Å². The molecule has 3 N–H and O–H groups in total. The average molecular weight is 284 g/mol. The maximum Gasteiger partial charge on any atom is 0.228 e. The van der Waals surface area contributed by atoms with Crippen LogP contribution in [0.25, 0.3) is 0 Å². The number of halogens is 1. The maximum atomic E-state index is 11.8. The summed E-state index contributed by atoms with van der Waals surface area (Å²) in [5, 5.41) is 8.58. The molecule has 6 heteroatoms. The first-order valence-electron chi connectivity index (χ1n) is 5.98. The second-order valence-corrected chi connectivity index (χ2v) is 4.54. The van der Waals surface area contributed by atoms with Gasteiger partial charge in [0, 0.05) is 23.8 Å². The lowest BCUT2D eigenvalue weighted by atomic mass is 10.1. The molecule has 104 valence electrons. The van der Waals surface area contributed by atoms with E-state index < -0.39 is 0 Å². The number of nitrogens with one attached hydrogen (secondary N) is 3. The summed E-state index contributed by atoms with van der Waals surface area (Å²) in [6, 6.07) is 5.46. The molecule has 0 aliphatic carbocycles. The molecule has 1 atom stereocenters. The molecule has 1 aliphatic rings. The minimum atomic E-state index is -0.0944. The summed E-state index contributed by atoms with van der Waals surface area (Å²) in [7, 11) is 1.82. The van der Waals surface area contributed by atoms with Gasteiger partial charge in [-0.05, 0) is 30.8 Å². The van der Waals surface area contributed by atoms with Crippen LogP contribution in [0.3, 0.4) is 0 Å². The normalized spacial score (nSPS) is 14.1. The van der Waals surface area contributed by atoms with Gasteiger partial charge in [0.2, 0.25) is 11.8 Å². The van der Waals surface area contributed by atoms with Crippen LogP contribution in [0, 0.1) is 5.92 Å². The topological polar surface area (TPSA) is 70.2 Å². The summed E-state index contributed by atoms with van der Waals surface area (Å²) in [5.41, 5.74) is 2.50. The van der Waals surface area contributed by atoms with Gasteiger partial charge in [0.15, 0.2) is 0 Å². The Labute approximate surface area is 118 Å². The summed E-state index contributed by atoms with van der Waals surface area (Å²) in [4.78, 5) is 23.1. The first-order chi connectivity index (χ1) is 8.60. The third-order valence-corrected chi connectivity index (χ3v) is 2.96. The van der Waals surface area contributed by atoms with E-state index in [-0.39, 0.29) is 30.1 Å². The highest BCUT2D eigenvalue weighted by Gasteiger charge is 2.18. The van der Waals surface area contributed by atoms with E-state index >= 15 is 0 Å². The van der Waals surface area contributed by atoms with E-state index in [0.29, 0.717) is 13.0 Å². The van der Waals surface area contributed by atoms with Crippen molar-refractivity contribution in [3.8, 4) is 0 Å². The Morgan fingerprint density at radius 3 is 2.89 bits per heavy atom. The van der Waals surface area contributed by atoms with Crippen LogP contribution in [-0.2, 0) is 16.0 Å². The highest BCUT2D eigenvalue weighted by molar-refractivity contribution is 6.00. The number of carbonyl (C=O) groups is 2. The number of anilines is 2. The molecule has 0 saturated heterocycles. The lowest BCUT2D eigenvalue weighted by molar-refractivity contribution is -0.119. The second kappa shape index (κ2) is 6.54. The molecule has 1 heterocycles. The van der Waals surface area contributed by atoms with Crippen molar-refractivity contribution in [3.63, 3.8) is 0 Å². The number of benzene rings is 1. The zero-order valence-electron chi connectivity index (χ0n) is 10.9. The van der Waals surface area contributed by atoms with Gasteiger partial charge in [-0.15, -0.1) is 12.4 Å². The van der Waals surface area contributed by atoms with E-state index in [1.807, 2.05) is 26.1 Å². The number of carbonyl (C=O) groups excluding carboxylic acids is 2. The van der Waals surface area contributed by atoms with Crippen molar-refractivity contribution < 1.29 is 9.59 Å². The molecule has 1 aromatic rings. The fraction of sp³-hybridized carbons (Fsp3) is 0.385. The Bertz CT molecular complexity index is 491. The number of hydrogen-bond acceptors (Lipinski definition) is 3. The number of rotatable bonds is 4. The number of amides is 2. The van der Waals surface area contributed by atoms with Crippen LogP contribution in [0.15, 0.2) is 18.2 Å². The summed E-state index contributed by atoms with van der Waals surface area (Å²) >= 11 is 0. The van der Waals surface area contributed by atoms with E-state index in [1.54, 1.807) is 6.07 Å². The van der Waals surface area contributed by atoms with Crippen LogP contribution in [0.5, 0.6) is 0 Å². The van der Waals surface area contributed by atoms with Crippen LogP contribution < -0.4 is 16.0 Å². The second-order valence-electron chi connectivity index (χ2n) is 4.54. The van der Waals surface area contributed by atoms with Gasteiger partial charge in [-0.3, -0.25) is 9.59 Å². The molecular weight excluding hydrogens is 266 g/mol. The van der Waals surface area contributed by atoms with Gasteiger partial charge < -0.3 is 16.0 Å². The summed E-state index contributed by atoms with van der Waals surface area (Å²) in [5.74, 6) is -0.123. The van der Waals surface area contributed by atoms with Crippen LogP contribution in [-0.4, -0.2) is 25.4 Å². The van der Waals surface area contributed by atoms with Crippen LogP contribution in [0.2, 0.25) is 0 Å². The van der Waals surface area contributed by atoms with Gasteiger partial charge in [-0.1, -0.05) is 6.92 Å². The van der Waals surface area contributed by atoms with Crippen molar-refractivity contribution in [2.45, 2.75) is 13.3 Å². The Morgan fingerprint density at radius 1 is 1.47 bits per heavy atom. The molecule has 0 aromatic heterocycles. The lowest BCUT2D eigenvalue weighted by Crippen LogP contribution is -2.28. The molecule has 0 bridgehead atoms. The Balaban J connectivity index is 0.00000180. The molecule has 0 saturated carbocycles. The smallest absolute Gasteiger partial charge is 0.228 e. The fourth-order valence-corrected chi connectivity index (χ4v) is 1.97. The van der Waals surface area contributed by atoms with E-state index in [9.17, 15) is 9.59 Å². The molecule has 1 aromatic carbocycles. The average Bonchev–Trinajstić information content (AvgIpc) is 2.68. The van der Waals surface area contributed by atoms with Crippen molar-refractivity contribution >= 4 is 35.6 Å². The third-order valence-electron chi connectivity index (χ3n) is 2.96. The van der Waals surface area contributed by atoms with E-state index in [0.717, 1.165) is 16.9 Å². The minimum Gasteiger partial charge on any atom is -0.326 e. The fourth-order valence-electron chi connectivity index (χ4n) is 1.97. The Kier molecular flexibility index (Phi) is 5.32. The summed E-state index contributed by atoms with van der Waals surface area (Å²) in [6.45, 7) is 2.50. The molecule has 2 amide bonds. The molecule has 1 aliphatic heterocycles. The molecule has 0 spiro atoms. The van der Waals surface area contributed by atoms with Gasteiger partial charge in [0.1, 0.15) is 0 Å². The Morgan fingerprint density at radius 2 is 2.21 bits per heavy atom.